The molecular weight excluding hydrogens is 366 g/mol. The molecule has 0 saturated carbocycles. The molecule has 4 heterocycles. The minimum atomic E-state index is -0.658. The molecule has 6 heteroatoms. The summed E-state index contributed by atoms with van der Waals surface area (Å²) < 4.78 is 6.18. The van der Waals surface area contributed by atoms with E-state index in [1.54, 1.807) is 12.4 Å². The number of rotatable bonds is 6. The van der Waals surface area contributed by atoms with Crippen molar-refractivity contribution < 1.29 is 14.3 Å². The average molecular weight is 389 g/mol. The molecule has 2 saturated heterocycles. The average Bonchev–Trinajstić information content (AvgIpc) is 3.40. The van der Waals surface area contributed by atoms with Crippen molar-refractivity contribution in [1.29, 1.82) is 0 Å². The Hall–Kier alpha value is -2.99. The maximum atomic E-state index is 13.2. The third-order valence-corrected chi connectivity index (χ3v) is 6.18. The summed E-state index contributed by atoms with van der Waals surface area (Å²) in [5.74, 6) is -1.03. The standard InChI is InChI=1S/C23H23N3O3/c27-21(25-14-17-7-4-11-24-13-17)19-18-8-10-23(29-18)15-26(22(28)20(19)23)12-9-16-5-2-1-3-6-16/h1-8,10-11,13,18-20H,9,12,14-15H2,(H,25,27)/t18-,19-,20+,23-/m1/s1. The van der Waals surface area contributed by atoms with E-state index in [0.717, 1.165) is 12.0 Å². The first kappa shape index (κ1) is 18.1. The molecule has 4 atom stereocenters. The van der Waals surface area contributed by atoms with Crippen LogP contribution in [-0.4, -0.2) is 46.5 Å². The van der Waals surface area contributed by atoms with Gasteiger partial charge in [-0.3, -0.25) is 14.6 Å². The van der Waals surface area contributed by atoms with E-state index < -0.39 is 17.4 Å². The minimum absolute atomic E-state index is 0.0225. The third kappa shape index (κ3) is 3.13. The SMILES string of the molecule is O=C(NCc1cccnc1)[C@H]1[C@H]2C(=O)N(CCc3ccccc3)C[C@]23C=C[C@H]1O3. The van der Waals surface area contributed by atoms with Gasteiger partial charge in [0.25, 0.3) is 0 Å². The van der Waals surface area contributed by atoms with Gasteiger partial charge in [-0.25, -0.2) is 0 Å². The maximum Gasteiger partial charge on any atom is 0.230 e. The lowest BCUT2D eigenvalue weighted by Gasteiger charge is -2.23. The first-order valence-electron chi connectivity index (χ1n) is 10.0. The van der Waals surface area contributed by atoms with Gasteiger partial charge in [0.1, 0.15) is 5.60 Å². The van der Waals surface area contributed by atoms with Crippen molar-refractivity contribution in [3.63, 3.8) is 0 Å². The molecule has 3 aliphatic rings. The summed E-state index contributed by atoms with van der Waals surface area (Å²) in [5, 5.41) is 2.96. The highest BCUT2D eigenvalue weighted by molar-refractivity contribution is 5.93. The number of amides is 2. The molecule has 2 fully saturated rings. The van der Waals surface area contributed by atoms with Gasteiger partial charge in [-0.2, -0.15) is 0 Å². The molecule has 0 aliphatic carbocycles. The number of fused-ring (bicyclic) bond motifs is 1. The van der Waals surface area contributed by atoms with Gasteiger partial charge in [0, 0.05) is 25.5 Å². The number of ether oxygens (including phenoxy) is 1. The van der Waals surface area contributed by atoms with Gasteiger partial charge in [0.05, 0.1) is 24.5 Å². The molecule has 29 heavy (non-hydrogen) atoms. The second-order valence-corrected chi connectivity index (χ2v) is 7.97. The van der Waals surface area contributed by atoms with Gasteiger partial charge in [-0.05, 0) is 23.6 Å². The first-order chi connectivity index (χ1) is 14.2. The summed E-state index contributed by atoms with van der Waals surface area (Å²) in [7, 11) is 0. The fourth-order valence-electron chi connectivity index (χ4n) is 4.79. The van der Waals surface area contributed by atoms with Crippen LogP contribution in [0.2, 0.25) is 0 Å². The number of pyridine rings is 1. The third-order valence-electron chi connectivity index (χ3n) is 6.18. The second kappa shape index (κ2) is 7.12. The number of carbonyl (C=O) groups is 2. The van der Waals surface area contributed by atoms with Crippen molar-refractivity contribution in [2.75, 3.05) is 13.1 Å². The Kier molecular flexibility index (Phi) is 4.43. The Morgan fingerprint density at radius 1 is 1.21 bits per heavy atom. The van der Waals surface area contributed by atoms with Gasteiger partial charge in [0.2, 0.25) is 11.8 Å². The van der Waals surface area contributed by atoms with Gasteiger partial charge < -0.3 is 15.0 Å². The quantitative estimate of drug-likeness (QED) is 0.764. The number of benzene rings is 1. The second-order valence-electron chi connectivity index (χ2n) is 7.97. The van der Waals surface area contributed by atoms with Crippen molar-refractivity contribution in [3.05, 3.63) is 78.1 Å². The summed E-state index contributed by atoms with van der Waals surface area (Å²) >= 11 is 0. The predicted molar refractivity (Wildman–Crippen MR) is 107 cm³/mol. The van der Waals surface area contributed by atoms with Crippen molar-refractivity contribution in [1.82, 2.24) is 15.2 Å². The summed E-state index contributed by atoms with van der Waals surface area (Å²) in [6.45, 7) is 1.54. The topological polar surface area (TPSA) is 71.5 Å². The van der Waals surface area contributed by atoms with Crippen LogP contribution < -0.4 is 5.32 Å². The molecule has 1 aromatic heterocycles. The van der Waals surface area contributed by atoms with Crippen LogP contribution in [0.15, 0.2) is 67.0 Å². The van der Waals surface area contributed by atoms with Crippen molar-refractivity contribution in [2.24, 2.45) is 11.8 Å². The van der Waals surface area contributed by atoms with Crippen LogP contribution >= 0.6 is 0 Å². The fourth-order valence-corrected chi connectivity index (χ4v) is 4.79. The summed E-state index contributed by atoms with van der Waals surface area (Å²) in [6.07, 6.45) is 7.83. The van der Waals surface area contributed by atoms with Crippen molar-refractivity contribution in [2.45, 2.75) is 24.7 Å². The van der Waals surface area contributed by atoms with Crippen molar-refractivity contribution in [3.8, 4) is 0 Å². The summed E-state index contributed by atoms with van der Waals surface area (Å²) in [4.78, 5) is 32.1. The monoisotopic (exact) mass is 389 g/mol. The zero-order valence-electron chi connectivity index (χ0n) is 16.0. The Balaban J connectivity index is 1.28. The Morgan fingerprint density at radius 3 is 2.83 bits per heavy atom. The van der Waals surface area contributed by atoms with Crippen LogP contribution in [-0.2, 0) is 27.3 Å². The highest BCUT2D eigenvalue weighted by Gasteiger charge is 2.66. The summed E-state index contributed by atoms with van der Waals surface area (Å²) in [6, 6.07) is 13.9. The number of likely N-dealkylation sites (tertiary alicyclic amines) is 1. The zero-order valence-corrected chi connectivity index (χ0v) is 16.0. The van der Waals surface area contributed by atoms with Gasteiger partial charge >= 0.3 is 0 Å². The Bertz CT molecular complexity index is 946. The first-order valence-corrected chi connectivity index (χ1v) is 10.0. The number of nitrogens with zero attached hydrogens (tertiary/aromatic N) is 2. The zero-order chi connectivity index (χ0) is 19.8. The Labute approximate surface area is 169 Å². The van der Waals surface area contributed by atoms with E-state index in [9.17, 15) is 9.59 Å². The lowest BCUT2D eigenvalue weighted by Crippen LogP contribution is -2.44. The lowest BCUT2D eigenvalue weighted by atomic mass is 9.77. The van der Waals surface area contributed by atoms with E-state index in [-0.39, 0.29) is 17.9 Å². The van der Waals surface area contributed by atoms with Crippen molar-refractivity contribution >= 4 is 11.8 Å². The van der Waals surface area contributed by atoms with E-state index >= 15 is 0 Å². The highest BCUT2D eigenvalue weighted by atomic mass is 16.5. The predicted octanol–water partition coefficient (Wildman–Crippen LogP) is 1.72. The van der Waals surface area contributed by atoms with Crippen LogP contribution in [0, 0.1) is 11.8 Å². The Morgan fingerprint density at radius 2 is 2.03 bits per heavy atom. The smallest absolute Gasteiger partial charge is 0.230 e. The van der Waals surface area contributed by atoms with Crippen LogP contribution in [0.25, 0.3) is 0 Å². The molecular formula is C23H23N3O3. The molecule has 0 radical (unpaired) electrons. The van der Waals surface area contributed by atoms with Crippen LogP contribution in [0.4, 0.5) is 0 Å². The number of hydrogen-bond donors (Lipinski definition) is 1. The lowest BCUT2D eigenvalue weighted by molar-refractivity contribution is -0.137. The van der Waals surface area contributed by atoms with E-state index in [1.807, 2.05) is 47.4 Å². The van der Waals surface area contributed by atoms with Gasteiger partial charge in [-0.1, -0.05) is 48.6 Å². The van der Waals surface area contributed by atoms with E-state index in [0.29, 0.717) is 19.6 Å². The molecule has 6 nitrogen and oxygen atoms in total. The molecule has 1 aromatic carbocycles. The number of aromatic nitrogens is 1. The van der Waals surface area contributed by atoms with Crippen LogP contribution in [0.5, 0.6) is 0 Å². The fraction of sp³-hybridized carbons (Fsp3) is 0.348. The van der Waals surface area contributed by atoms with Gasteiger partial charge in [0.15, 0.2) is 0 Å². The van der Waals surface area contributed by atoms with Gasteiger partial charge in [-0.15, -0.1) is 0 Å². The van der Waals surface area contributed by atoms with Crippen LogP contribution in [0.3, 0.4) is 0 Å². The molecule has 1 spiro atoms. The maximum absolute atomic E-state index is 13.2. The molecule has 2 amide bonds. The normalized spacial score (nSPS) is 29.3. The molecule has 2 bridgehead atoms. The van der Waals surface area contributed by atoms with E-state index in [4.69, 9.17) is 4.74 Å². The van der Waals surface area contributed by atoms with Crippen LogP contribution in [0.1, 0.15) is 11.1 Å². The number of hydrogen-bond acceptors (Lipinski definition) is 4. The summed E-state index contributed by atoms with van der Waals surface area (Å²) in [5.41, 5.74) is 1.47. The van der Waals surface area contributed by atoms with E-state index in [2.05, 4.69) is 22.4 Å². The minimum Gasteiger partial charge on any atom is -0.360 e. The largest absolute Gasteiger partial charge is 0.360 e. The molecule has 5 rings (SSSR count). The molecule has 148 valence electrons. The molecule has 0 unspecified atom stereocenters. The number of nitrogens with one attached hydrogen (secondary N) is 1. The molecule has 3 aliphatic heterocycles. The number of carbonyl (C=O) groups excluding carboxylic acids is 2. The highest BCUT2D eigenvalue weighted by Crippen LogP contribution is 2.51. The molecule has 1 N–H and O–H groups in total. The molecule has 2 aromatic rings. The van der Waals surface area contributed by atoms with E-state index in [1.165, 1.54) is 5.56 Å².